The number of hydrogen-bond donors (Lipinski definition) is 0. The molecule has 6 heteroatoms. The van der Waals surface area contributed by atoms with Gasteiger partial charge in [0, 0.05) is 12.5 Å². The number of thiazole rings is 1. The molecule has 0 aliphatic heterocycles. The molecule has 35 heavy (non-hydrogen) atoms. The first-order valence-corrected chi connectivity index (χ1v) is 13.6. The molecule has 1 aromatic carbocycles. The van der Waals surface area contributed by atoms with Crippen molar-refractivity contribution in [3.63, 3.8) is 0 Å². The van der Waals surface area contributed by atoms with E-state index in [0.717, 1.165) is 11.4 Å². The normalized spacial score (nSPS) is 32.1. The highest BCUT2D eigenvalue weighted by atomic mass is 32.1. The molecule has 198 valence electrons. The molecule has 0 amide bonds. The van der Waals surface area contributed by atoms with E-state index in [2.05, 4.69) is 83.3 Å². The summed E-state index contributed by atoms with van der Waals surface area (Å²) in [7, 11) is 0.583. The molecule has 1 aromatic heterocycles. The summed E-state index contributed by atoms with van der Waals surface area (Å²) in [6, 6.07) is 8.30. The first-order chi connectivity index (χ1) is 15.8. The van der Waals surface area contributed by atoms with Crippen LogP contribution in [0.1, 0.15) is 98.9 Å². The maximum Gasteiger partial charge on any atom is 0.522 e. The number of rotatable bonds is 0. The van der Waals surface area contributed by atoms with Gasteiger partial charge in [-0.1, -0.05) is 67.5 Å². The summed E-state index contributed by atoms with van der Waals surface area (Å²) >= 11 is 1.79. The van der Waals surface area contributed by atoms with Gasteiger partial charge >= 0.3 is 6.36 Å². The molecule has 2 atom stereocenters. The fraction of sp³-hybridized carbons (Fsp3) is 0.759. The number of fused-ring (bicyclic) bond motifs is 1. The van der Waals surface area contributed by atoms with Crippen molar-refractivity contribution in [2.24, 2.45) is 27.6 Å². The second kappa shape index (κ2) is 9.31. The van der Waals surface area contributed by atoms with E-state index in [1.807, 2.05) is 6.07 Å². The Morgan fingerprint density at radius 2 is 1.40 bits per heavy atom. The van der Waals surface area contributed by atoms with Crippen LogP contribution in [0.3, 0.4) is 0 Å². The zero-order valence-electron chi connectivity index (χ0n) is 23.0. The van der Waals surface area contributed by atoms with E-state index in [0.29, 0.717) is 28.8 Å². The van der Waals surface area contributed by atoms with E-state index in [4.69, 9.17) is 0 Å². The van der Waals surface area contributed by atoms with E-state index in [9.17, 15) is 13.2 Å². The summed E-state index contributed by atoms with van der Waals surface area (Å²) in [5.41, 5.74) is 3.83. The minimum absolute atomic E-state index is 0.170. The van der Waals surface area contributed by atoms with Gasteiger partial charge in [-0.15, -0.1) is 24.5 Å². The fourth-order valence-electron chi connectivity index (χ4n) is 7.48. The largest absolute Gasteiger partial charge is 0.522 e. The molecule has 0 saturated heterocycles. The monoisotopic (exact) mass is 511 g/mol. The van der Waals surface area contributed by atoms with E-state index in [1.165, 1.54) is 48.2 Å². The summed E-state index contributed by atoms with van der Waals surface area (Å²) in [4.78, 5) is 4.60. The third kappa shape index (κ3) is 6.60. The lowest BCUT2D eigenvalue weighted by Crippen LogP contribution is -2.58. The van der Waals surface area contributed by atoms with Gasteiger partial charge in [0.15, 0.2) is 0 Å². The lowest BCUT2D eigenvalue weighted by molar-refractivity contribution is -0.311. The Bertz CT molecular complexity index is 962. The topological polar surface area (TPSA) is 22.1 Å². The Labute approximate surface area is 214 Å². The zero-order chi connectivity index (χ0) is 26.5. The Balaban J connectivity index is 0.000000162. The smallest absolute Gasteiger partial charge is 0.295 e. The van der Waals surface area contributed by atoms with Crippen molar-refractivity contribution in [2.45, 2.75) is 106 Å². The first-order valence-electron chi connectivity index (χ1n) is 12.8. The average molecular weight is 512 g/mol. The van der Waals surface area contributed by atoms with Gasteiger partial charge in [0.2, 0.25) is 0 Å². The molecule has 0 radical (unpaired) electrons. The van der Waals surface area contributed by atoms with Crippen LogP contribution in [-0.4, -0.2) is 18.5 Å². The van der Waals surface area contributed by atoms with Crippen LogP contribution in [0.5, 0.6) is 0 Å². The number of methoxy groups -OCH3 is 1. The van der Waals surface area contributed by atoms with Crippen LogP contribution in [0.2, 0.25) is 0 Å². The van der Waals surface area contributed by atoms with E-state index in [1.54, 1.807) is 11.3 Å². The summed E-state index contributed by atoms with van der Waals surface area (Å²) < 4.78 is 35.9. The van der Waals surface area contributed by atoms with Gasteiger partial charge in [0.25, 0.3) is 0 Å². The van der Waals surface area contributed by atoms with Gasteiger partial charge in [-0.2, -0.15) is 0 Å². The predicted octanol–water partition coefficient (Wildman–Crippen LogP) is 9.78. The quantitative estimate of drug-likeness (QED) is 0.351. The van der Waals surface area contributed by atoms with Crippen LogP contribution >= 0.6 is 11.3 Å². The second-order valence-electron chi connectivity index (χ2n) is 14.0. The van der Waals surface area contributed by atoms with Crippen molar-refractivity contribution in [2.75, 3.05) is 7.11 Å². The summed E-state index contributed by atoms with van der Waals surface area (Å²) in [5, 5.41) is 1.22. The number of halogens is 3. The molecule has 2 nitrogen and oxygen atoms in total. The standard InChI is InChI=1S/C16H28.C11H13NS.C2H3F3O/c1-13(2,3)16-8-12-6-14(4,10-16)9-15(5,7-12)11-16;1-11(2,3)10-12-8-6-4-5-7-9(8)13-10;1-6-2(3,4)5/h12H,6-11H2,1-5H3;4-7H,1-3H3;1H3. The molecule has 6 rings (SSSR count). The minimum Gasteiger partial charge on any atom is -0.295 e. The Kier molecular flexibility index (Phi) is 7.56. The number of benzene rings is 1. The maximum absolute atomic E-state index is 10.6. The second-order valence-corrected chi connectivity index (χ2v) is 15.1. The third-order valence-electron chi connectivity index (χ3n) is 8.38. The molecule has 4 fully saturated rings. The highest BCUT2D eigenvalue weighted by Crippen LogP contribution is 2.73. The number of hydrogen-bond acceptors (Lipinski definition) is 3. The fourth-order valence-corrected chi connectivity index (χ4v) is 8.50. The summed E-state index contributed by atoms with van der Waals surface area (Å²) in [6.07, 6.45) is 4.65. The van der Waals surface area contributed by atoms with Crippen molar-refractivity contribution in [3.05, 3.63) is 29.3 Å². The van der Waals surface area contributed by atoms with Crippen LogP contribution < -0.4 is 0 Å². The molecule has 1 heterocycles. The van der Waals surface area contributed by atoms with Gasteiger partial charge in [-0.05, 0) is 78.2 Å². The predicted molar refractivity (Wildman–Crippen MR) is 141 cm³/mol. The van der Waals surface area contributed by atoms with Crippen molar-refractivity contribution in [3.8, 4) is 0 Å². The number of nitrogens with zero attached hydrogens (tertiary/aromatic N) is 1. The number of ether oxygens (including phenoxy) is 1. The Morgan fingerprint density at radius 1 is 0.886 bits per heavy atom. The van der Waals surface area contributed by atoms with Crippen molar-refractivity contribution in [1.82, 2.24) is 4.98 Å². The molecule has 4 aliphatic rings. The minimum atomic E-state index is -4.46. The van der Waals surface area contributed by atoms with Gasteiger partial charge < -0.3 is 0 Å². The van der Waals surface area contributed by atoms with E-state index in [-0.39, 0.29) is 5.41 Å². The number of aromatic nitrogens is 1. The van der Waals surface area contributed by atoms with Crippen molar-refractivity contribution >= 4 is 21.6 Å². The lowest BCUT2D eigenvalue weighted by atomic mass is 9.36. The molecule has 2 aromatic rings. The summed E-state index contributed by atoms with van der Waals surface area (Å²) in [6.45, 7) is 19.2. The zero-order valence-corrected chi connectivity index (χ0v) is 23.8. The van der Waals surface area contributed by atoms with Gasteiger partial charge in [-0.3, -0.25) is 4.74 Å². The molecular weight excluding hydrogens is 467 g/mol. The molecule has 0 spiro atoms. The van der Waals surface area contributed by atoms with Gasteiger partial charge in [-0.25, -0.2) is 4.98 Å². The van der Waals surface area contributed by atoms with Crippen LogP contribution in [0.4, 0.5) is 13.2 Å². The van der Waals surface area contributed by atoms with Crippen molar-refractivity contribution < 1.29 is 17.9 Å². The van der Waals surface area contributed by atoms with Crippen molar-refractivity contribution in [1.29, 1.82) is 0 Å². The lowest BCUT2D eigenvalue weighted by Gasteiger charge is -2.69. The SMILES string of the molecule is CC(C)(C)c1nc2ccccc2s1.CC12CC3CC(C)(C1)CC(C(C)(C)C)(C3)C2.COC(F)(F)F. The Hall–Kier alpha value is -1.14. The highest BCUT2D eigenvalue weighted by molar-refractivity contribution is 7.18. The van der Waals surface area contributed by atoms with Crippen LogP contribution in [0.15, 0.2) is 24.3 Å². The highest BCUT2D eigenvalue weighted by Gasteiger charge is 2.62. The Morgan fingerprint density at radius 3 is 1.80 bits per heavy atom. The van der Waals surface area contributed by atoms with Crippen LogP contribution in [0, 0.1) is 27.6 Å². The van der Waals surface area contributed by atoms with Gasteiger partial charge in [0.1, 0.15) is 0 Å². The van der Waals surface area contributed by atoms with E-state index >= 15 is 0 Å². The molecule has 4 saturated carbocycles. The molecule has 0 N–H and O–H groups in total. The maximum atomic E-state index is 10.6. The molecule has 4 bridgehead atoms. The molecule has 4 aliphatic carbocycles. The number of para-hydroxylation sites is 1. The van der Waals surface area contributed by atoms with Crippen LogP contribution in [-0.2, 0) is 10.2 Å². The summed E-state index contributed by atoms with van der Waals surface area (Å²) in [5.74, 6) is 1.05. The molecule has 2 unspecified atom stereocenters. The van der Waals surface area contributed by atoms with E-state index < -0.39 is 6.36 Å². The van der Waals surface area contributed by atoms with Gasteiger partial charge in [0.05, 0.1) is 15.2 Å². The molecular formula is C29H44F3NOS. The average Bonchev–Trinajstić information content (AvgIpc) is 3.09. The van der Waals surface area contributed by atoms with Crippen LogP contribution in [0.25, 0.3) is 10.2 Å². The third-order valence-corrected chi connectivity index (χ3v) is 9.85. The number of alkyl halides is 3. The first kappa shape index (κ1) is 28.4.